The maximum Gasteiger partial charge on any atom is 0.262 e. The molecule has 0 spiro atoms. The summed E-state index contributed by atoms with van der Waals surface area (Å²) < 4.78 is 5.66. The quantitative estimate of drug-likeness (QED) is 0.694. The molecule has 0 radical (unpaired) electrons. The number of ether oxygens (including phenoxy) is 1. The van der Waals surface area contributed by atoms with Crippen LogP contribution in [0, 0.1) is 11.3 Å². The lowest BCUT2D eigenvalue weighted by atomic mass is 10.0. The Kier molecular flexibility index (Phi) is 4.57. The third kappa shape index (κ3) is 3.61. The van der Waals surface area contributed by atoms with Gasteiger partial charge >= 0.3 is 0 Å². The van der Waals surface area contributed by atoms with Crippen molar-refractivity contribution in [3.8, 4) is 11.8 Å². The summed E-state index contributed by atoms with van der Waals surface area (Å²) in [6.45, 7) is 2.35. The SMILES string of the molecule is C[C@@H]1Cc2cc(/C=C(\C#N)C(=O)NCc3cccnc3)ccc2O1. The van der Waals surface area contributed by atoms with Gasteiger partial charge < -0.3 is 10.1 Å². The monoisotopic (exact) mass is 319 g/mol. The van der Waals surface area contributed by atoms with Crippen LogP contribution >= 0.6 is 0 Å². The van der Waals surface area contributed by atoms with Crippen LogP contribution < -0.4 is 10.1 Å². The molecule has 1 aromatic carbocycles. The molecule has 5 nitrogen and oxygen atoms in total. The number of hydrogen-bond acceptors (Lipinski definition) is 4. The summed E-state index contributed by atoms with van der Waals surface area (Å²) in [4.78, 5) is 16.2. The van der Waals surface area contributed by atoms with Crippen LogP contribution in [0.2, 0.25) is 0 Å². The van der Waals surface area contributed by atoms with Gasteiger partial charge in [0.2, 0.25) is 0 Å². The Bertz CT molecular complexity index is 822. The van der Waals surface area contributed by atoms with Crippen LogP contribution in [0.25, 0.3) is 6.08 Å². The van der Waals surface area contributed by atoms with E-state index in [1.807, 2.05) is 37.3 Å². The molecule has 1 atom stereocenters. The Morgan fingerprint density at radius 2 is 2.38 bits per heavy atom. The number of aromatic nitrogens is 1. The van der Waals surface area contributed by atoms with Crippen molar-refractivity contribution in [2.45, 2.75) is 26.0 Å². The Labute approximate surface area is 140 Å². The van der Waals surface area contributed by atoms with E-state index in [-0.39, 0.29) is 11.7 Å². The molecule has 0 fully saturated rings. The molecule has 0 aliphatic carbocycles. The second-order valence-corrected chi connectivity index (χ2v) is 5.71. The molecule has 1 aromatic heterocycles. The molecule has 0 saturated carbocycles. The van der Waals surface area contributed by atoms with Crippen LogP contribution in [-0.4, -0.2) is 17.0 Å². The lowest BCUT2D eigenvalue weighted by Crippen LogP contribution is -2.24. The molecule has 1 aliphatic rings. The highest BCUT2D eigenvalue weighted by atomic mass is 16.5. The second kappa shape index (κ2) is 6.97. The zero-order chi connectivity index (χ0) is 16.9. The summed E-state index contributed by atoms with van der Waals surface area (Å²) >= 11 is 0. The van der Waals surface area contributed by atoms with Gasteiger partial charge in [-0.1, -0.05) is 12.1 Å². The number of pyridine rings is 1. The van der Waals surface area contributed by atoms with Crippen molar-refractivity contribution < 1.29 is 9.53 Å². The Balaban J connectivity index is 1.71. The number of benzene rings is 1. The fraction of sp³-hybridized carbons (Fsp3) is 0.211. The van der Waals surface area contributed by atoms with Crippen molar-refractivity contribution in [2.75, 3.05) is 0 Å². The van der Waals surface area contributed by atoms with Crippen molar-refractivity contribution in [1.29, 1.82) is 5.26 Å². The molecule has 2 heterocycles. The maximum absolute atomic E-state index is 12.2. The standard InChI is InChI=1S/C19H17N3O2/c1-13-7-16-8-14(4-5-18(16)24-13)9-17(10-20)19(23)22-12-15-3-2-6-21-11-15/h2-6,8-9,11,13H,7,12H2,1H3,(H,22,23)/b17-9+/t13-/m1/s1. The first kappa shape index (κ1) is 15.8. The zero-order valence-corrected chi connectivity index (χ0v) is 13.3. The fourth-order valence-corrected chi connectivity index (χ4v) is 2.63. The van der Waals surface area contributed by atoms with Crippen molar-refractivity contribution >= 4 is 12.0 Å². The van der Waals surface area contributed by atoms with Crippen LogP contribution in [0.1, 0.15) is 23.6 Å². The predicted molar refractivity (Wildman–Crippen MR) is 89.9 cm³/mol. The molecule has 1 N–H and O–H groups in total. The van der Waals surface area contributed by atoms with Gasteiger partial charge in [-0.05, 0) is 47.9 Å². The summed E-state index contributed by atoms with van der Waals surface area (Å²) in [7, 11) is 0. The molecule has 120 valence electrons. The lowest BCUT2D eigenvalue weighted by molar-refractivity contribution is -0.117. The minimum atomic E-state index is -0.397. The maximum atomic E-state index is 12.2. The summed E-state index contributed by atoms with van der Waals surface area (Å²) in [6, 6.07) is 11.3. The first-order valence-electron chi connectivity index (χ1n) is 7.74. The molecule has 3 rings (SSSR count). The minimum absolute atomic E-state index is 0.0748. The fourth-order valence-electron chi connectivity index (χ4n) is 2.63. The van der Waals surface area contributed by atoms with Crippen LogP contribution in [0.5, 0.6) is 5.75 Å². The number of carbonyl (C=O) groups excluding carboxylic acids is 1. The Morgan fingerprint density at radius 1 is 1.50 bits per heavy atom. The normalized spacial score (nSPS) is 16.0. The molecule has 2 aromatic rings. The predicted octanol–water partition coefficient (Wildman–Crippen LogP) is 2.63. The Morgan fingerprint density at radius 3 is 3.12 bits per heavy atom. The number of nitrogens with zero attached hydrogens (tertiary/aromatic N) is 2. The highest BCUT2D eigenvalue weighted by Gasteiger charge is 2.19. The minimum Gasteiger partial charge on any atom is -0.490 e. The van der Waals surface area contributed by atoms with E-state index in [1.165, 1.54) is 0 Å². The number of rotatable bonds is 4. The van der Waals surface area contributed by atoms with Gasteiger partial charge in [-0.2, -0.15) is 5.26 Å². The number of hydrogen-bond donors (Lipinski definition) is 1. The van der Waals surface area contributed by atoms with Gasteiger partial charge in [-0.3, -0.25) is 9.78 Å². The zero-order valence-electron chi connectivity index (χ0n) is 13.3. The van der Waals surface area contributed by atoms with E-state index in [2.05, 4.69) is 10.3 Å². The van der Waals surface area contributed by atoms with Crippen LogP contribution in [0.15, 0.2) is 48.3 Å². The summed E-state index contributed by atoms with van der Waals surface area (Å²) in [6.07, 6.45) is 5.95. The van der Waals surface area contributed by atoms with E-state index < -0.39 is 5.91 Å². The smallest absolute Gasteiger partial charge is 0.262 e. The van der Waals surface area contributed by atoms with Crippen molar-refractivity contribution in [2.24, 2.45) is 0 Å². The number of nitriles is 1. The topological polar surface area (TPSA) is 75.0 Å². The van der Waals surface area contributed by atoms with E-state index in [0.717, 1.165) is 28.9 Å². The largest absolute Gasteiger partial charge is 0.490 e. The summed E-state index contributed by atoms with van der Waals surface area (Å²) in [5.41, 5.74) is 2.88. The number of carbonyl (C=O) groups is 1. The molecule has 0 saturated heterocycles. The van der Waals surface area contributed by atoms with Gasteiger partial charge in [-0.25, -0.2) is 0 Å². The molecule has 0 bridgehead atoms. The average Bonchev–Trinajstić information content (AvgIpc) is 2.97. The van der Waals surface area contributed by atoms with Gasteiger partial charge in [-0.15, -0.1) is 0 Å². The molecule has 24 heavy (non-hydrogen) atoms. The molecular weight excluding hydrogens is 302 g/mol. The van der Waals surface area contributed by atoms with Gasteiger partial charge in [0.25, 0.3) is 5.91 Å². The first-order chi connectivity index (χ1) is 11.7. The third-order valence-corrected chi connectivity index (χ3v) is 3.77. The molecule has 1 aliphatic heterocycles. The average molecular weight is 319 g/mol. The Hall–Kier alpha value is -3.13. The summed E-state index contributed by atoms with van der Waals surface area (Å²) in [5, 5.41) is 12.0. The van der Waals surface area contributed by atoms with E-state index in [1.54, 1.807) is 24.5 Å². The van der Waals surface area contributed by atoms with Gasteiger partial charge in [0, 0.05) is 25.4 Å². The first-order valence-corrected chi connectivity index (χ1v) is 7.74. The van der Waals surface area contributed by atoms with Crippen molar-refractivity contribution in [1.82, 2.24) is 10.3 Å². The highest BCUT2D eigenvalue weighted by molar-refractivity contribution is 6.01. The molecule has 0 unspecified atom stereocenters. The lowest BCUT2D eigenvalue weighted by Gasteiger charge is -2.05. The molecule has 5 heteroatoms. The van der Waals surface area contributed by atoms with E-state index in [0.29, 0.717) is 6.54 Å². The van der Waals surface area contributed by atoms with Crippen molar-refractivity contribution in [3.63, 3.8) is 0 Å². The molecular formula is C19H17N3O2. The number of nitrogens with one attached hydrogen (secondary N) is 1. The van der Waals surface area contributed by atoms with Crippen molar-refractivity contribution in [3.05, 3.63) is 65.0 Å². The van der Waals surface area contributed by atoms with Gasteiger partial charge in [0.15, 0.2) is 0 Å². The van der Waals surface area contributed by atoms with Gasteiger partial charge in [0.1, 0.15) is 23.5 Å². The second-order valence-electron chi connectivity index (χ2n) is 5.71. The highest BCUT2D eigenvalue weighted by Crippen LogP contribution is 2.29. The van der Waals surface area contributed by atoms with Crippen LogP contribution in [0.3, 0.4) is 0 Å². The van der Waals surface area contributed by atoms with Crippen LogP contribution in [0.4, 0.5) is 0 Å². The van der Waals surface area contributed by atoms with E-state index in [9.17, 15) is 10.1 Å². The number of amides is 1. The number of fused-ring (bicyclic) bond motifs is 1. The summed E-state index contributed by atoms with van der Waals surface area (Å²) in [5.74, 6) is 0.477. The molecule has 1 amide bonds. The van der Waals surface area contributed by atoms with E-state index in [4.69, 9.17) is 4.74 Å². The van der Waals surface area contributed by atoms with Gasteiger partial charge in [0.05, 0.1) is 0 Å². The van der Waals surface area contributed by atoms with E-state index >= 15 is 0 Å². The third-order valence-electron chi connectivity index (χ3n) is 3.77. The van der Waals surface area contributed by atoms with Crippen LogP contribution in [-0.2, 0) is 17.8 Å².